The number of nitrogens with one attached hydrogen (secondary N) is 1. The maximum absolute atomic E-state index is 12.9. The van der Waals surface area contributed by atoms with Crippen LogP contribution in [-0.4, -0.2) is 24.1 Å². The molecule has 2 aromatic carbocycles. The number of hydrogen-bond donors (Lipinski definition) is 1. The van der Waals surface area contributed by atoms with Crippen LogP contribution in [0, 0.1) is 11.8 Å². The number of alkyl halides is 3. The lowest BCUT2D eigenvalue weighted by Gasteiger charge is -2.39. The van der Waals surface area contributed by atoms with Crippen LogP contribution in [-0.2, 0) is 6.18 Å². The van der Waals surface area contributed by atoms with Crippen molar-refractivity contribution in [3.8, 4) is 10.4 Å². The van der Waals surface area contributed by atoms with Crippen LogP contribution < -0.4 is 10.2 Å². The fraction of sp³-hybridized carbons (Fsp3) is 0.464. The van der Waals surface area contributed by atoms with Crippen molar-refractivity contribution >= 4 is 22.2 Å². The highest BCUT2D eigenvalue weighted by Gasteiger charge is 2.32. The van der Waals surface area contributed by atoms with Gasteiger partial charge in [-0.05, 0) is 73.8 Å². The Bertz CT molecular complexity index is 1080. The third kappa shape index (κ3) is 6.00. The van der Waals surface area contributed by atoms with E-state index in [2.05, 4.69) is 39.5 Å². The number of halogens is 3. The summed E-state index contributed by atoms with van der Waals surface area (Å²) in [6, 6.07) is 16.5. The van der Waals surface area contributed by atoms with E-state index in [4.69, 9.17) is 0 Å². The number of nitrogens with zero attached hydrogens (tertiary/aromatic N) is 2. The molecule has 1 aromatic heterocycles. The highest BCUT2D eigenvalue weighted by Crippen LogP contribution is 2.37. The molecule has 0 bridgehead atoms. The van der Waals surface area contributed by atoms with E-state index < -0.39 is 11.7 Å². The van der Waals surface area contributed by atoms with Gasteiger partial charge in [-0.15, -0.1) is 0 Å². The SMILES string of the molecule is FC(F)(F)c1ccc(N2CCC[C@H](C[C@@H]3CCCC[C@H]3Nc3ncc(-c4ccccc4)s3)C2)cc1. The first-order valence-corrected chi connectivity index (χ1v) is 13.5. The van der Waals surface area contributed by atoms with Crippen molar-refractivity contribution in [2.75, 3.05) is 23.3 Å². The van der Waals surface area contributed by atoms with Gasteiger partial charge in [0.25, 0.3) is 0 Å². The Morgan fingerprint density at radius 3 is 2.49 bits per heavy atom. The Hall–Kier alpha value is -2.54. The van der Waals surface area contributed by atoms with Crippen LogP contribution in [0.2, 0.25) is 0 Å². The lowest BCUT2D eigenvalue weighted by Crippen LogP contribution is -2.39. The Labute approximate surface area is 209 Å². The number of piperidine rings is 1. The Morgan fingerprint density at radius 2 is 1.71 bits per heavy atom. The van der Waals surface area contributed by atoms with E-state index >= 15 is 0 Å². The number of hydrogen-bond acceptors (Lipinski definition) is 4. The Morgan fingerprint density at radius 1 is 0.943 bits per heavy atom. The number of anilines is 2. The standard InChI is InChI=1S/C28H32F3N3S/c29-28(30,31)23-12-14-24(15-13-23)34-16-6-7-20(19-34)17-22-10-4-5-11-25(22)33-27-32-18-26(35-27)21-8-2-1-3-9-21/h1-3,8-9,12-15,18,20,22,25H,4-7,10-11,16-17,19H2,(H,32,33)/t20-,22+,25-/m1/s1. The van der Waals surface area contributed by atoms with E-state index in [9.17, 15) is 13.2 Å². The van der Waals surface area contributed by atoms with E-state index in [0.29, 0.717) is 17.9 Å². The zero-order valence-corrected chi connectivity index (χ0v) is 20.6. The molecular weight excluding hydrogens is 467 g/mol. The molecule has 0 amide bonds. The molecule has 2 aliphatic rings. The van der Waals surface area contributed by atoms with E-state index in [1.807, 2.05) is 12.3 Å². The van der Waals surface area contributed by atoms with E-state index in [-0.39, 0.29) is 0 Å². The minimum absolute atomic E-state index is 0.431. The largest absolute Gasteiger partial charge is 0.416 e. The summed E-state index contributed by atoms with van der Waals surface area (Å²) < 4.78 is 38.8. The lowest BCUT2D eigenvalue weighted by molar-refractivity contribution is -0.137. The van der Waals surface area contributed by atoms with Crippen LogP contribution >= 0.6 is 11.3 Å². The molecule has 1 N–H and O–H groups in total. The molecule has 2 fully saturated rings. The van der Waals surface area contributed by atoms with Gasteiger partial charge in [-0.1, -0.05) is 54.5 Å². The molecule has 1 aliphatic carbocycles. The van der Waals surface area contributed by atoms with Gasteiger partial charge >= 0.3 is 6.18 Å². The van der Waals surface area contributed by atoms with Crippen LogP contribution in [0.25, 0.3) is 10.4 Å². The van der Waals surface area contributed by atoms with Gasteiger partial charge in [-0.2, -0.15) is 13.2 Å². The number of rotatable bonds is 6. The third-order valence-electron chi connectivity index (χ3n) is 7.50. The van der Waals surface area contributed by atoms with Crippen molar-refractivity contribution in [1.82, 2.24) is 4.98 Å². The summed E-state index contributed by atoms with van der Waals surface area (Å²) in [7, 11) is 0. The summed E-state index contributed by atoms with van der Waals surface area (Å²) in [5.41, 5.74) is 1.52. The molecule has 3 aromatic rings. The topological polar surface area (TPSA) is 28.2 Å². The molecule has 186 valence electrons. The molecule has 0 unspecified atom stereocenters. The van der Waals surface area contributed by atoms with Gasteiger partial charge in [-0.3, -0.25) is 0 Å². The molecule has 2 heterocycles. The fourth-order valence-electron chi connectivity index (χ4n) is 5.70. The number of thiazole rings is 1. The van der Waals surface area contributed by atoms with E-state index in [1.54, 1.807) is 23.5 Å². The van der Waals surface area contributed by atoms with Crippen LogP contribution in [0.3, 0.4) is 0 Å². The van der Waals surface area contributed by atoms with Crippen LogP contribution in [0.1, 0.15) is 50.5 Å². The Kier molecular flexibility index (Phi) is 7.32. The van der Waals surface area contributed by atoms with Crippen molar-refractivity contribution in [2.45, 2.75) is 57.2 Å². The molecule has 3 nitrogen and oxygen atoms in total. The van der Waals surface area contributed by atoms with Gasteiger partial charge < -0.3 is 10.2 Å². The third-order valence-corrected chi connectivity index (χ3v) is 8.47. The quantitative estimate of drug-likeness (QED) is 0.371. The predicted octanol–water partition coefficient (Wildman–Crippen LogP) is 8.11. The minimum atomic E-state index is -4.29. The summed E-state index contributed by atoms with van der Waals surface area (Å²) in [6.07, 6.45) is 6.02. The summed E-state index contributed by atoms with van der Waals surface area (Å²) in [5, 5.41) is 4.76. The average Bonchev–Trinajstić information content (AvgIpc) is 3.34. The van der Waals surface area contributed by atoms with Gasteiger partial charge in [0.2, 0.25) is 0 Å². The van der Waals surface area contributed by atoms with Crippen molar-refractivity contribution < 1.29 is 13.2 Å². The van der Waals surface area contributed by atoms with Crippen molar-refractivity contribution in [2.24, 2.45) is 11.8 Å². The molecule has 5 rings (SSSR count). The smallest absolute Gasteiger partial charge is 0.371 e. The van der Waals surface area contributed by atoms with E-state index in [1.165, 1.54) is 54.7 Å². The van der Waals surface area contributed by atoms with Gasteiger partial charge in [0.15, 0.2) is 5.13 Å². The predicted molar refractivity (Wildman–Crippen MR) is 138 cm³/mol. The van der Waals surface area contributed by atoms with Crippen LogP contribution in [0.5, 0.6) is 0 Å². The van der Waals surface area contributed by atoms with Gasteiger partial charge in [-0.25, -0.2) is 4.98 Å². The maximum Gasteiger partial charge on any atom is 0.416 e. The minimum Gasteiger partial charge on any atom is -0.371 e. The van der Waals surface area contributed by atoms with Gasteiger partial charge in [0.1, 0.15) is 0 Å². The molecule has 1 saturated carbocycles. The van der Waals surface area contributed by atoms with Gasteiger partial charge in [0, 0.05) is 31.0 Å². The fourth-order valence-corrected chi connectivity index (χ4v) is 6.58. The summed E-state index contributed by atoms with van der Waals surface area (Å²) in [6.45, 7) is 1.83. The zero-order chi connectivity index (χ0) is 24.3. The molecule has 7 heteroatoms. The second kappa shape index (κ2) is 10.6. The molecule has 1 aliphatic heterocycles. The lowest BCUT2D eigenvalue weighted by atomic mass is 9.77. The van der Waals surface area contributed by atoms with Crippen LogP contribution in [0.4, 0.5) is 24.0 Å². The highest BCUT2D eigenvalue weighted by molar-refractivity contribution is 7.18. The first-order chi connectivity index (χ1) is 17.0. The van der Waals surface area contributed by atoms with Crippen molar-refractivity contribution in [3.05, 3.63) is 66.4 Å². The maximum atomic E-state index is 12.9. The number of benzene rings is 2. The molecule has 0 radical (unpaired) electrons. The molecular formula is C28H32F3N3S. The molecule has 3 atom stereocenters. The monoisotopic (exact) mass is 499 g/mol. The Balaban J connectivity index is 1.21. The molecule has 1 saturated heterocycles. The van der Waals surface area contributed by atoms with Gasteiger partial charge in [0.05, 0.1) is 10.4 Å². The normalized spacial score (nSPS) is 23.3. The summed E-state index contributed by atoms with van der Waals surface area (Å²) in [5.74, 6) is 1.17. The number of aromatic nitrogens is 1. The van der Waals surface area contributed by atoms with Crippen LogP contribution in [0.15, 0.2) is 60.8 Å². The highest BCUT2D eigenvalue weighted by atomic mass is 32.1. The molecule has 0 spiro atoms. The first-order valence-electron chi connectivity index (χ1n) is 12.7. The zero-order valence-electron chi connectivity index (χ0n) is 19.8. The van der Waals surface area contributed by atoms with E-state index in [0.717, 1.165) is 36.8 Å². The molecule has 35 heavy (non-hydrogen) atoms. The second-order valence-electron chi connectivity index (χ2n) is 9.93. The van der Waals surface area contributed by atoms with Crippen molar-refractivity contribution in [3.63, 3.8) is 0 Å². The second-order valence-corrected chi connectivity index (χ2v) is 11.0. The average molecular weight is 500 g/mol. The van der Waals surface area contributed by atoms with Crippen molar-refractivity contribution in [1.29, 1.82) is 0 Å². The summed E-state index contributed by atoms with van der Waals surface area (Å²) in [4.78, 5) is 8.11. The first kappa shape index (κ1) is 24.2. The summed E-state index contributed by atoms with van der Waals surface area (Å²) >= 11 is 1.72.